The van der Waals surface area contributed by atoms with E-state index in [1.54, 1.807) is 6.07 Å². The number of H-pyrrole nitrogens is 1. The van der Waals surface area contributed by atoms with Gasteiger partial charge in [-0.3, -0.25) is 14.4 Å². The van der Waals surface area contributed by atoms with Gasteiger partial charge in [-0.15, -0.1) is 0 Å². The lowest BCUT2D eigenvalue weighted by Gasteiger charge is -2.16. The summed E-state index contributed by atoms with van der Waals surface area (Å²) in [5.41, 5.74) is 0.616. The molecule has 8 heteroatoms. The average molecular weight is 393 g/mol. The molecule has 0 radical (unpaired) electrons. The quantitative estimate of drug-likeness (QED) is 0.654. The minimum Gasteiger partial charge on any atom is -0.346 e. The second-order valence-electron chi connectivity index (χ2n) is 7.19. The molecule has 1 amide bonds. The van der Waals surface area contributed by atoms with E-state index in [-0.39, 0.29) is 23.6 Å². The summed E-state index contributed by atoms with van der Waals surface area (Å²) in [6.07, 6.45) is 3.77. The lowest BCUT2D eigenvalue weighted by molar-refractivity contribution is 0.0950. The van der Waals surface area contributed by atoms with Crippen molar-refractivity contribution < 1.29 is 4.79 Å². The molecule has 0 saturated carbocycles. The number of nitrogens with zero attached hydrogens (tertiary/aromatic N) is 3. The van der Waals surface area contributed by atoms with Crippen LogP contribution in [-0.2, 0) is 13.1 Å². The first kappa shape index (κ1) is 19.1. The third-order valence-electron chi connectivity index (χ3n) is 5.23. The number of hydrogen-bond donors (Lipinski definition) is 2. The van der Waals surface area contributed by atoms with Crippen LogP contribution in [0.3, 0.4) is 0 Å². The normalized spacial score (nSPS) is 14.3. The SMILES string of the molecule is O=C(NCc1nn(CCN2CCCC2)c(=O)c2ccccc12)c1ccc(=O)[nH]c1. The zero-order valence-corrected chi connectivity index (χ0v) is 16.1. The van der Waals surface area contributed by atoms with Gasteiger partial charge in [-0.2, -0.15) is 5.10 Å². The third kappa shape index (κ3) is 4.27. The molecule has 1 aromatic carbocycles. The van der Waals surface area contributed by atoms with Gasteiger partial charge in [0.05, 0.1) is 29.7 Å². The number of nitrogens with one attached hydrogen (secondary N) is 2. The van der Waals surface area contributed by atoms with Gasteiger partial charge in [0.2, 0.25) is 5.56 Å². The van der Waals surface area contributed by atoms with Gasteiger partial charge in [-0.05, 0) is 38.1 Å². The Kier molecular flexibility index (Phi) is 5.53. The molecule has 2 N–H and O–H groups in total. The first-order valence-corrected chi connectivity index (χ1v) is 9.80. The number of benzene rings is 1. The van der Waals surface area contributed by atoms with Crippen molar-refractivity contribution in [3.63, 3.8) is 0 Å². The van der Waals surface area contributed by atoms with Crippen molar-refractivity contribution in [2.24, 2.45) is 0 Å². The summed E-state index contributed by atoms with van der Waals surface area (Å²) in [4.78, 5) is 41.2. The Hall–Kier alpha value is -3.26. The molecule has 1 aliphatic rings. The van der Waals surface area contributed by atoms with Crippen LogP contribution in [0.1, 0.15) is 28.9 Å². The number of carbonyl (C=O) groups excluding carboxylic acids is 1. The molecule has 150 valence electrons. The summed E-state index contributed by atoms with van der Waals surface area (Å²) >= 11 is 0. The van der Waals surface area contributed by atoms with Gasteiger partial charge < -0.3 is 15.2 Å². The van der Waals surface area contributed by atoms with Crippen LogP contribution in [0, 0.1) is 0 Å². The van der Waals surface area contributed by atoms with E-state index >= 15 is 0 Å². The maximum atomic E-state index is 12.8. The molecule has 3 aromatic rings. The molecule has 4 rings (SSSR count). The van der Waals surface area contributed by atoms with Gasteiger partial charge in [0.1, 0.15) is 0 Å². The van der Waals surface area contributed by atoms with Crippen LogP contribution in [-0.4, -0.2) is 45.2 Å². The van der Waals surface area contributed by atoms with Gasteiger partial charge in [-0.25, -0.2) is 4.68 Å². The highest BCUT2D eigenvalue weighted by Crippen LogP contribution is 2.14. The first-order valence-electron chi connectivity index (χ1n) is 9.80. The maximum absolute atomic E-state index is 12.8. The molecular weight excluding hydrogens is 370 g/mol. The zero-order valence-electron chi connectivity index (χ0n) is 16.1. The highest BCUT2D eigenvalue weighted by Gasteiger charge is 2.15. The predicted molar refractivity (Wildman–Crippen MR) is 110 cm³/mol. The van der Waals surface area contributed by atoms with Gasteiger partial charge in [0, 0.05) is 24.2 Å². The molecule has 0 aliphatic carbocycles. The molecule has 29 heavy (non-hydrogen) atoms. The monoisotopic (exact) mass is 393 g/mol. The average Bonchev–Trinajstić information content (AvgIpc) is 3.26. The number of aromatic amines is 1. The fraction of sp³-hybridized carbons (Fsp3) is 0.333. The van der Waals surface area contributed by atoms with Crippen LogP contribution in [0.4, 0.5) is 0 Å². The number of fused-ring (bicyclic) bond motifs is 1. The molecule has 8 nitrogen and oxygen atoms in total. The Labute approximate surface area is 167 Å². The van der Waals surface area contributed by atoms with Crippen molar-refractivity contribution in [2.75, 3.05) is 19.6 Å². The topological polar surface area (TPSA) is 100 Å². The highest BCUT2D eigenvalue weighted by molar-refractivity contribution is 5.94. The van der Waals surface area contributed by atoms with Gasteiger partial charge in [-0.1, -0.05) is 18.2 Å². The highest BCUT2D eigenvalue weighted by atomic mass is 16.2. The molecule has 0 unspecified atom stereocenters. The molecular formula is C21H23N5O3. The van der Waals surface area contributed by atoms with E-state index in [4.69, 9.17) is 0 Å². The molecule has 0 bridgehead atoms. The fourth-order valence-corrected chi connectivity index (χ4v) is 3.65. The van der Waals surface area contributed by atoms with E-state index in [1.807, 2.05) is 18.2 Å². The summed E-state index contributed by atoms with van der Waals surface area (Å²) in [7, 11) is 0. The van der Waals surface area contributed by atoms with Crippen molar-refractivity contribution in [2.45, 2.75) is 25.9 Å². The summed E-state index contributed by atoms with van der Waals surface area (Å²) in [5, 5.41) is 8.70. The Balaban J connectivity index is 1.57. The summed E-state index contributed by atoms with van der Waals surface area (Å²) in [6, 6.07) is 10.1. The van der Waals surface area contributed by atoms with Crippen molar-refractivity contribution in [3.8, 4) is 0 Å². The number of carbonyl (C=O) groups is 1. The number of hydrogen-bond acceptors (Lipinski definition) is 5. The van der Waals surface area contributed by atoms with E-state index in [1.165, 1.54) is 35.9 Å². The number of amides is 1. The van der Waals surface area contributed by atoms with Crippen molar-refractivity contribution in [3.05, 3.63) is 74.6 Å². The molecule has 0 spiro atoms. The fourth-order valence-electron chi connectivity index (χ4n) is 3.65. The van der Waals surface area contributed by atoms with E-state index in [2.05, 4.69) is 20.3 Å². The lowest BCUT2D eigenvalue weighted by Crippen LogP contribution is -2.32. The number of likely N-dealkylation sites (tertiary alicyclic amines) is 1. The summed E-state index contributed by atoms with van der Waals surface area (Å²) in [5.74, 6) is -0.318. The van der Waals surface area contributed by atoms with Crippen molar-refractivity contribution >= 4 is 16.7 Å². The first-order chi connectivity index (χ1) is 14.1. The molecule has 3 heterocycles. The Morgan fingerprint density at radius 1 is 1.03 bits per heavy atom. The number of aromatic nitrogens is 3. The second kappa shape index (κ2) is 8.40. The summed E-state index contributed by atoms with van der Waals surface area (Å²) in [6.45, 7) is 3.61. The Bertz CT molecular complexity index is 1120. The largest absolute Gasteiger partial charge is 0.346 e. The van der Waals surface area contributed by atoms with Gasteiger partial charge >= 0.3 is 0 Å². The molecule has 2 aromatic heterocycles. The number of pyridine rings is 1. The Morgan fingerprint density at radius 2 is 1.79 bits per heavy atom. The lowest BCUT2D eigenvalue weighted by atomic mass is 10.1. The van der Waals surface area contributed by atoms with Crippen LogP contribution in [0.15, 0.2) is 52.2 Å². The van der Waals surface area contributed by atoms with E-state index < -0.39 is 0 Å². The van der Waals surface area contributed by atoms with E-state index in [0.29, 0.717) is 23.2 Å². The van der Waals surface area contributed by atoms with E-state index in [0.717, 1.165) is 25.0 Å². The molecule has 1 aliphatic heterocycles. The third-order valence-corrected chi connectivity index (χ3v) is 5.23. The van der Waals surface area contributed by atoms with Gasteiger partial charge in [0.25, 0.3) is 11.5 Å². The van der Waals surface area contributed by atoms with Crippen LogP contribution in [0.2, 0.25) is 0 Å². The number of rotatable bonds is 6. The second-order valence-corrected chi connectivity index (χ2v) is 7.19. The van der Waals surface area contributed by atoms with Crippen LogP contribution in [0.25, 0.3) is 10.8 Å². The van der Waals surface area contributed by atoms with Crippen LogP contribution < -0.4 is 16.4 Å². The minimum absolute atomic E-state index is 0.115. The predicted octanol–water partition coefficient (Wildman–Crippen LogP) is 1.11. The molecule has 0 atom stereocenters. The van der Waals surface area contributed by atoms with Gasteiger partial charge in [0.15, 0.2) is 0 Å². The standard InChI is InChI=1S/C21H23N5O3/c27-19-8-7-15(13-22-19)20(28)23-14-18-16-5-1-2-6-17(16)21(29)26(24-18)12-11-25-9-3-4-10-25/h1-2,5-8,13H,3-4,9-12,14H2,(H,22,27)(H,23,28). The maximum Gasteiger partial charge on any atom is 0.274 e. The zero-order chi connectivity index (χ0) is 20.2. The van der Waals surface area contributed by atoms with Crippen LogP contribution >= 0.6 is 0 Å². The van der Waals surface area contributed by atoms with Crippen LogP contribution in [0.5, 0.6) is 0 Å². The molecule has 1 saturated heterocycles. The minimum atomic E-state index is -0.318. The molecule has 1 fully saturated rings. The van der Waals surface area contributed by atoms with Crippen molar-refractivity contribution in [1.82, 2.24) is 25.0 Å². The Morgan fingerprint density at radius 3 is 2.52 bits per heavy atom. The van der Waals surface area contributed by atoms with E-state index in [9.17, 15) is 14.4 Å². The van der Waals surface area contributed by atoms with Crippen molar-refractivity contribution in [1.29, 1.82) is 0 Å². The smallest absolute Gasteiger partial charge is 0.274 e. The summed E-state index contributed by atoms with van der Waals surface area (Å²) < 4.78 is 1.50.